The summed E-state index contributed by atoms with van der Waals surface area (Å²) in [5.74, 6) is -0.361. The van der Waals surface area contributed by atoms with Crippen molar-refractivity contribution in [2.45, 2.75) is 18.9 Å². The van der Waals surface area contributed by atoms with Crippen LogP contribution in [-0.2, 0) is 5.54 Å². The average molecular weight is 294 g/mol. The second-order valence-electron chi connectivity index (χ2n) is 5.65. The van der Waals surface area contributed by atoms with Crippen LogP contribution in [0.15, 0.2) is 48.7 Å². The first-order valence-electron chi connectivity index (χ1n) is 7.35. The van der Waals surface area contributed by atoms with Gasteiger partial charge in [0, 0.05) is 28.2 Å². The smallest absolute Gasteiger partial charge is 0.252 e. The summed E-state index contributed by atoms with van der Waals surface area (Å²) < 4.78 is 13.7. The number of rotatable bonds is 2. The predicted molar refractivity (Wildman–Crippen MR) is 83.2 cm³/mol. The fraction of sp³-hybridized carbons (Fsp3) is 0.167. The van der Waals surface area contributed by atoms with Crippen LogP contribution in [0.2, 0.25) is 0 Å². The van der Waals surface area contributed by atoms with E-state index >= 15 is 0 Å². The Labute approximate surface area is 127 Å². The number of amides is 1. The van der Waals surface area contributed by atoms with Crippen molar-refractivity contribution in [3.05, 3.63) is 71.2 Å². The maximum Gasteiger partial charge on any atom is 0.252 e. The molecule has 0 unspecified atom stereocenters. The summed E-state index contributed by atoms with van der Waals surface area (Å²) in [6.45, 7) is 2.03. The first-order valence-corrected chi connectivity index (χ1v) is 7.35. The van der Waals surface area contributed by atoms with Crippen molar-refractivity contribution in [1.82, 2.24) is 10.3 Å². The Bertz CT molecular complexity index is 899. The standard InChI is InChI=1S/C18H15FN2O/c1-2-18(14-6-4-3-5-12(14)17(22)21-18)15-10-20-16-8-7-11(19)9-13(15)16/h3-10,20H,2H2,1H3,(H,21,22)/t18-/m1/s1. The maximum atomic E-state index is 13.7. The molecule has 110 valence electrons. The summed E-state index contributed by atoms with van der Waals surface area (Å²) in [6.07, 6.45) is 2.56. The minimum atomic E-state index is -0.611. The fourth-order valence-electron chi connectivity index (χ4n) is 3.51. The Kier molecular flexibility index (Phi) is 2.64. The van der Waals surface area contributed by atoms with Crippen LogP contribution in [0, 0.1) is 5.82 Å². The molecule has 0 saturated carbocycles. The normalized spacial score (nSPS) is 20.2. The number of aromatic nitrogens is 1. The first kappa shape index (κ1) is 13.1. The molecule has 1 aliphatic heterocycles. The molecule has 2 N–H and O–H groups in total. The van der Waals surface area contributed by atoms with Gasteiger partial charge in [0.1, 0.15) is 5.82 Å². The van der Waals surface area contributed by atoms with Crippen LogP contribution in [-0.4, -0.2) is 10.9 Å². The summed E-state index contributed by atoms with van der Waals surface area (Å²) in [6, 6.07) is 12.3. The van der Waals surface area contributed by atoms with E-state index < -0.39 is 5.54 Å². The Morgan fingerprint density at radius 1 is 1.14 bits per heavy atom. The molecule has 4 heteroatoms. The number of aromatic amines is 1. The van der Waals surface area contributed by atoms with E-state index in [2.05, 4.69) is 10.3 Å². The molecule has 2 aromatic carbocycles. The van der Waals surface area contributed by atoms with Gasteiger partial charge in [0.2, 0.25) is 0 Å². The third kappa shape index (κ3) is 1.58. The summed E-state index contributed by atoms with van der Waals surface area (Å²) in [4.78, 5) is 15.5. The van der Waals surface area contributed by atoms with Crippen molar-refractivity contribution >= 4 is 16.8 Å². The molecule has 0 spiro atoms. The summed E-state index contributed by atoms with van der Waals surface area (Å²) in [7, 11) is 0. The lowest BCUT2D eigenvalue weighted by atomic mass is 9.81. The van der Waals surface area contributed by atoms with Gasteiger partial charge < -0.3 is 10.3 Å². The quantitative estimate of drug-likeness (QED) is 0.743. The molecule has 1 atom stereocenters. The van der Waals surface area contributed by atoms with Gasteiger partial charge >= 0.3 is 0 Å². The zero-order valence-corrected chi connectivity index (χ0v) is 12.1. The zero-order valence-electron chi connectivity index (χ0n) is 12.1. The summed E-state index contributed by atoms with van der Waals surface area (Å²) in [5, 5.41) is 3.92. The van der Waals surface area contributed by atoms with Gasteiger partial charge in [-0.1, -0.05) is 25.1 Å². The molecule has 0 bridgehead atoms. The Hall–Kier alpha value is -2.62. The van der Waals surface area contributed by atoms with Crippen LogP contribution in [0.25, 0.3) is 10.9 Å². The monoisotopic (exact) mass is 294 g/mol. The molecular formula is C18H15FN2O. The number of fused-ring (bicyclic) bond motifs is 2. The zero-order chi connectivity index (χ0) is 15.3. The molecular weight excluding hydrogens is 279 g/mol. The second-order valence-corrected chi connectivity index (χ2v) is 5.65. The molecule has 0 radical (unpaired) electrons. The van der Waals surface area contributed by atoms with Crippen LogP contribution in [0.5, 0.6) is 0 Å². The molecule has 22 heavy (non-hydrogen) atoms. The van der Waals surface area contributed by atoms with Gasteiger partial charge in [-0.25, -0.2) is 4.39 Å². The lowest BCUT2D eigenvalue weighted by molar-refractivity contribution is 0.0939. The highest BCUT2D eigenvalue weighted by Crippen LogP contribution is 2.42. The third-order valence-electron chi connectivity index (χ3n) is 4.59. The van der Waals surface area contributed by atoms with Crippen molar-refractivity contribution in [2.24, 2.45) is 0 Å². The van der Waals surface area contributed by atoms with Crippen molar-refractivity contribution in [3.8, 4) is 0 Å². The number of hydrogen-bond acceptors (Lipinski definition) is 1. The van der Waals surface area contributed by atoms with Gasteiger partial charge in [0.05, 0.1) is 5.54 Å². The van der Waals surface area contributed by atoms with Crippen molar-refractivity contribution in [2.75, 3.05) is 0 Å². The lowest BCUT2D eigenvalue weighted by Gasteiger charge is -2.29. The SMILES string of the molecule is CC[C@@]1(c2c[nH]c3ccc(F)cc23)NC(=O)c2ccccc21. The van der Waals surface area contributed by atoms with Gasteiger partial charge in [0.25, 0.3) is 5.91 Å². The van der Waals surface area contributed by atoms with Crippen molar-refractivity contribution in [1.29, 1.82) is 0 Å². The van der Waals surface area contributed by atoms with E-state index in [1.54, 1.807) is 6.07 Å². The number of benzene rings is 2. The molecule has 3 aromatic rings. The van der Waals surface area contributed by atoms with E-state index in [4.69, 9.17) is 0 Å². The number of H-pyrrole nitrogens is 1. The molecule has 1 amide bonds. The van der Waals surface area contributed by atoms with E-state index in [1.807, 2.05) is 37.4 Å². The van der Waals surface area contributed by atoms with Gasteiger partial charge in [-0.2, -0.15) is 0 Å². The van der Waals surface area contributed by atoms with Gasteiger partial charge in [-0.3, -0.25) is 4.79 Å². The van der Waals surface area contributed by atoms with E-state index in [-0.39, 0.29) is 11.7 Å². The maximum absolute atomic E-state index is 13.7. The number of hydrogen-bond donors (Lipinski definition) is 2. The number of halogens is 1. The van der Waals surface area contributed by atoms with E-state index in [9.17, 15) is 9.18 Å². The van der Waals surface area contributed by atoms with Crippen LogP contribution < -0.4 is 5.32 Å². The topological polar surface area (TPSA) is 44.9 Å². The van der Waals surface area contributed by atoms with Crippen LogP contribution in [0.1, 0.15) is 34.8 Å². The highest BCUT2D eigenvalue weighted by molar-refractivity contribution is 6.02. The highest BCUT2D eigenvalue weighted by Gasteiger charge is 2.43. The fourth-order valence-corrected chi connectivity index (χ4v) is 3.51. The Balaban J connectivity index is 2.03. The molecule has 1 aromatic heterocycles. The molecule has 2 heterocycles. The first-order chi connectivity index (χ1) is 10.7. The molecule has 4 rings (SSSR count). The van der Waals surface area contributed by atoms with E-state index in [0.29, 0.717) is 12.0 Å². The van der Waals surface area contributed by atoms with E-state index in [1.165, 1.54) is 12.1 Å². The second kappa shape index (κ2) is 4.44. The van der Waals surface area contributed by atoms with E-state index in [0.717, 1.165) is 22.0 Å². The third-order valence-corrected chi connectivity index (χ3v) is 4.59. The predicted octanol–water partition coefficient (Wildman–Crippen LogP) is 3.70. The van der Waals surface area contributed by atoms with Gasteiger partial charge in [-0.05, 0) is 36.2 Å². The molecule has 3 nitrogen and oxygen atoms in total. The van der Waals surface area contributed by atoms with Crippen molar-refractivity contribution in [3.63, 3.8) is 0 Å². The van der Waals surface area contributed by atoms with Crippen LogP contribution >= 0.6 is 0 Å². The highest BCUT2D eigenvalue weighted by atomic mass is 19.1. The minimum absolute atomic E-state index is 0.0804. The molecule has 1 aliphatic rings. The Morgan fingerprint density at radius 3 is 2.77 bits per heavy atom. The molecule has 0 fully saturated rings. The van der Waals surface area contributed by atoms with Crippen LogP contribution in [0.3, 0.4) is 0 Å². The largest absolute Gasteiger partial charge is 0.361 e. The summed E-state index contributed by atoms with van der Waals surface area (Å²) >= 11 is 0. The molecule has 0 saturated heterocycles. The minimum Gasteiger partial charge on any atom is -0.361 e. The number of carbonyl (C=O) groups is 1. The van der Waals surface area contributed by atoms with Gasteiger partial charge in [-0.15, -0.1) is 0 Å². The summed E-state index contributed by atoms with van der Waals surface area (Å²) in [5.41, 5.74) is 2.80. The number of nitrogens with one attached hydrogen (secondary N) is 2. The lowest BCUT2D eigenvalue weighted by Crippen LogP contribution is -2.39. The van der Waals surface area contributed by atoms with Gasteiger partial charge in [0.15, 0.2) is 0 Å². The average Bonchev–Trinajstić information content (AvgIpc) is 3.07. The van der Waals surface area contributed by atoms with Crippen molar-refractivity contribution < 1.29 is 9.18 Å². The Morgan fingerprint density at radius 2 is 1.95 bits per heavy atom. The van der Waals surface area contributed by atoms with Crippen LogP contribution in [0.4, 0.5) is 4.39 Å². The molecule has 0 aliphatic carbocycles. The number of carbonyl (C=O) groups excluding carboxylic acids is 1.